The molecule has 0 N–H and O–H groups in total. The van der Waals surface area contributed by atoms with E-state index in [2.05, 4.69) is 6.92 Å². The van der Waals surface area contributed by atoms with Crippen LogP contribution in [-0.2, 0) is 9.47 Å². The van der Waals surface area contributed by atoms with Crippen LogP contribution in [0.5, 0.6) is 0 Å². The van der Waals surface area contributed by atoms with Gasteiger partial charge in [-0.15, -0.1) is 0 Å². The standard InChI is InChI=1S/C12H21NO3/c1-5-12-8-13(7-6-9(12)15-12)10(14)16-11(2,3)4/h9H,5-8H2,1-4H3/t9-,12+/m1/s1. The van der Waals surface area contributed by atoms with E-state index in [9.17, 15) is 4.79 Å². The van der Waals surface area contributed by atoms with Crippen molar-refractivity contribution in [1.82, 2.24) is 4.90 Å². The number of fused-ring (bicyclic) bond motifs is 1. The summed E-state index contributed by atoms with van der Waals surface area (Å²) in [5, 5.41) is 0. The highest BCUT2D eigenvalue weighted by atomic mass is 16.6. The van der Waals surface area contributed by atoms with Crippen molar-refractivity contribution in [3.8, 4) is 0 Å². The van der Waals surface area contributed by atoms with Crippen LogP contribution in [0.4, 0.5) is 4.79 Å². The zero-order valence-electron chi connectivity index (χ0n) is 10.6. The fourth-order valence-electron chi connectivity index (χ4n) is 2.29. The molecule has 0 saturated carbocycles. The predicted molar refractivity (Wildman–Crippen MR) is 60.3 cm³/mol. The quantitative estimate of drug-likeness (QED) is 0.645. The molecule has 2 heterocycles. The Morgan fingerprint density at radius 3 is 2.81 bits per heavy atom. The van der Waals surface area contributed by atoms with Crippen LogP contribution < -0.4 is 0 Å². The molecule has 4 nitrogen and oxygen atoms in total. The zero-order chi connectivity index (χ0) is 12.0. The van der Waals surface area contributed by atoms with Gasteiger partial charge in [-0.3, -0.25) is 0 Å². The number of hydrogen-bond acceptors (Lipinski definition) is 3. The molecule has 4 heteroatoms. The van der Waals surface area contributed by atoms with Crippen molar-refractivity contribution >= 4 is 6.09 Å². The smallest absolute Gasteiger partial charge is 0.410 e. The van der Waals surface area contributed by atoms with Gasteiger partial charge in [0, 0.05) is 6.54 Å². The van der Waals surface area contributed by atoms with E-state index >= 15 is 0 Å². The van der Waals surface area contributed by atoms with Crippen LogP contribution in [0.3, 0.4) is 0 Å². The van der Waals surface area contributed by atoms with Crippen LogP contribution in [0.15, 0.2) is 0 Å². The molecule has 1 amide bonds. The molecule has 0 unspecified atom stereocenters. The van der Waals surface area contributed by atoms with Gasteiger partial charge in [0.05, 0.1) is 12.6 Å². The Labute approximate surface area is 96.9 Å². The zero-order valence-corrected chi connectivity index (χ0v) is 10.6. The van der Waals surface area contributed by atoms with Crippen LogP contribution in [-0.4, -0.2) is 41.4 Å². The number of nitrogens with zero attached hydrogens (tertiary/aromatic N) is 1. The van der Waals surface area contributed by atoms with E-state index in [1.54, 1.807) is 4.90 Å². The molecule has 0 radical (unpaired) electrons. The average Bonchev–Trinajstić information content (AvgIpc) is 2.88. The maximum absolute atomic E-state index is 11.9. The lowest BCUT2D eigenvalue weighted by Crippen LogP contribution is -2.46. The SMILES string of the molecule is CC[C@]12CN(C(=O)OC(C)(C)C)CC[C@H]1O2. The summed E-state index contributed by atoms with van der Waals surface area (Å²) in [6.07, 6.45) is 2.06. The Bertz CT molecular complexity index is 297. The second-order valence-electron chi connectivity index (χ2n) is 5.72. The van der Waals surface area contributed by atoms with Crippen molar-refractivity contribution in [2.75, 3.05) is 13.1 Å². The first kappa shape index (κ1) is 11.7. The third-order valence-electron chi connectivity index (χ3n) is 3.28. The van der Waals surface area contributed by atoms with Gasteiger partial charge in [0.2, 0.25) is 0 Å². The number of carbonyl (C=O) groups excluding carboxylic acids is 1. The summed E-state index contributed by atoms with van der Waals surface area (Å²) >= 11 is 0. The van der Waals surface area contributed by atoms with E-state index in [-0.39, 0.29) is 11.7 Å². The minimum atomic E-state index is -0.419. The lowest BCUT2D eigenvalue weighted by molar-refractivity contribution is 0.0189. The van der Waals surface area contributed by atoms with E-state index in [0.29, 0.717) is 12.6 Å². The predicted octanol–water partition coefficient (Wildman–Crippen LogP) is 2.17. The number of likely N-dealkylation sites (tertiary alicyclic amines) is 1. The van der Waals surface area contributed by atoms with Gasteiger partial charge in [-0.2, -0.15) is 0 Å². The Morgan fingerprint density at radius 1 is 1.56 bits per heavy atom. The van der Waals surface area contributed by atoms with Crippen molar-refractivity contribution < 1.29 is 14.3 Å². The Balaban J connectivity index is 1.93. The number of hydrogen-bond donors (Lipinski definition) is 0. The molecule has 92 valence electrons. The fraction of sp³-hybridized carbons (Fsp3) is 0.917. The third-order valence-corrected chi connectivity index (χ3v) is 3.28. The lowest BCUT2D eigenvalue weighted by Gasteiger charge is -2.31. The van der Waals surface area contributed by atoms with Crippen molar-refractivity contribution in [2.24, 2.45) is 0 Å². The first-order valence-electron chi connectivity index (χ1n) is 6.02. The summed E-state index contributed by atoms with van der Waals surface area (Å²) in [6.45, 7) is 9.21. The number of piperidine rings is 1. The number of carbonyl (C=O) groups is 1. The van der Waals surface area contributed by atoms with Gasteiger partial charge in [0.25, 0.3) is 0 Å². The third kappa shape index (κ3) is 2.17. The normalized spacial score (nSPS) is 33.2. The summed E-state index contributed by atoms with van der Waals surface area (Å²) in [5.41, 5.74) is -0.479. The van der Waals surface area contributed by atoms with Crippen LogP contribution >= 0.6 is 0 Å². The molecular weight excluding hydrogens is 206 g/mol. The molecular formula is C12H21NO3. The molecule has 2 rings (SSSR count). The molecule has 0 aliphatic carbocycles. The number of rotatable bonds is 1. The second-order valence-corrected chi connectivity index (χ2v) is 5.72. The fourth-order valence-corrected chi connectivity index (χ4v) is 2.29. The van der Waals surface area contributed by atoms with Gasteiger partial charge in [-0.25, -0.2) is 4.79 Å². The maximum Gasteiger partial charge on any atom is 0.410 e. The Hall–Kier alpha value is -0.770. The Morgan fingerprint density at radius 2 is 2.25 bits per heavy atom. The Kier molecular flexibility index (Phi) is 2.65. The number of epoxide rings is 1. The minimum Gasteiger partial charge on any atom is -0.444 e. The van der Waals surface area contributed by atoms with E-state index in [1.165, 1.54) is 0 Å². The van der Waals surface area contributed by atoms with Crippen LogP contribution in [0, 0.1) is 0 Å². The van der Waals surface area contributed by atoms with E-state index in [4.69, 9.17) is 9.47 Å². The molecule has 0 aromatic carbocycles. The molecule has 0 aromatic heterocycles. The van der Waals surface area contributed by atoms with E-state index in [0.717, 1.165) is 19.4 Å². The van der Waals surface area contributed by atoms with Crippen molar-refractivity contribution in [2.45, 2.75) is 57.8 Å². The molecule has 2 atom stereocenters. The molecule has 2 fully saturated rings. The maximum atomic E-state index is 11.9. The lowest BCUT2D eigenvalue weighted by atomic mass is 9.96. The van der Waals surface area contributed by atoms with Gasteiger partial charge >= 0.3 is 6.09 Å². The highest BCUT2D eigenvalue weighted by molar-refractivity contribution is 5.68. The van der Waals surface area contributed by atoms with Gasteiger partial charge in [-0.1, -0.05) is 6.92 Å². The van der Waals surface area contributed by atoms with E-state index in [1.807, 2.05) is 20.8 Å². The van der Waals surface area contributed by atoms with Crippen molar-refractivity contribution in [1.29, 1.82) is 0 Å². The largest absolute Gasteiger partial charge is 0.444 e. The molecule has 0 bridgehead atoms. The van der Waals surface area contributed by atoms with Gasteiger partial charge in [0.15, 0.2) is 0 Å². The van der Waals surface area contributed by atoms with Gasteiger partial charge < -0.3 is 14.4 Å². The number of ether oxygens (including phenoxy) is 2. The second kappa shape index (κ2) is 3.62. The van der Waals surface area contributed by atoms with Gasteiger partial charge in [-0.05, 0) is 33.6 Å². The monoisotopic (exact) mass is 227 g/mol. The topological polar surface area (TPSA) is 42.1 Å². The summed E-state index contributed by atoms with van der Waals surface area (Å²) in [6, 6.07) is 0. The van der Waals surface area contributed by atoms with Crippen LogP contribution in [0.2, 0.25) is 0 Å². The molecule has 16 heavy (non-hydrogen) atoms. The summed E-state index contributed by atoms with van der Waals surface area (Å²) in [7, 11) is 0. The van der Waals surface area contributed by atoms with Crippen LogP contribution in [0.25, 0.3) is 0 Å². The molecule has 2 aliphatic heterocycles. The van der Waals surface area contributed by atoms with Gasteiger partial charge in [0.1, 0.15) is 11.2 Å². The first-order valence-corrected chi connectivity index (χ1v) is 6.02. The van der Waals surface area contributed by atoms with Crippen LogP contribution in [0.1, 0.15) is 40.5 Å². The minimum absolute atomic E-state index is 0.0604. The van der Waals surface area contributed by atoms with E-state index < -0.39 is 5.60 Å². The first-order chi connectivity index (χ1) is 7.36. The average molecular weight is 227 g/mol. The molecule has 0 aromatic rings. The molecule has 2 aliphatic rings. The summed E-state index contributed by atoms with van der Waals surface area (Å²) < 4.78 is 11.0. The highest BCUT2D eigenvalue weighted by Crippen LogP contribution is 2.45. The summed E-state index contributed by atoms with van der Waals surface area (Å²) in [5.74, 6) is 0. The summed E-state index contributed by atoms with van der Waals surface area (Å²) in [4.78, 5) is 13.7. The highest BCUT2D eigenvalue weighted by Gasteiger charge is 2.58. The molecule has 0 spiro atoms. The number of amides is 1. The van der Waals surface area contributed by atoms with Crippen molar-refractivity contribution in [3.63, 3.8) is 0 Å². The molecule has 2 saturated heterocycles. The van der Waals surface area contributed by atoms with Crippen molar-refractivity contribution in [3.05, 3.63) is 0 Å².